The molecule has 0 bridgehead atoms. The summed E-state index contributed by atoms with van der Waals surface area (Å²) in [6, 6.07) is 0. The van der Waals surface area contributed by atoms with E-state index < -0.39 is 0 Å². The molecule has 1 saturated heterocycles. The average Bonchev–Trinajstić information content (AvgIpc) is 2.95. The SMILES string of the molecule is CN=C(NCCc1nnc2n1CCCCC2)N1CCC(OCCCOC)CC1.I. The Labute approximate surface area is 191 Å². The summed E-state index contributed by atoms with van der Waals surface area (Å²) >= 11 is 0. The predicted octanol–water partition coefficient (Wildman–Crippen LogP) is 2.26. The van der Waals surface area contributed by atoms with Gasteiger partial charge in [-0.3, -0.25) is 4.99 Å². The van der Waals surface area contributed by atoms with Crippen LogP contribution in [0.2, 0.25) is 0 Å². The molecule has 1 fully saturated rings. The van der Waals surface area contributed by atoms with Gasteiger partial charge < -0.3 is 24.3 Å². The van der Waals surface area contributed by atoms with Crippen molar-refractivity contribution in [1.29, 1.82) is 0 Å². The molecule has 0 unspecified atom stereocenters. The predicted molar refractivity (Wildman–Crippen MR) is 125 cm³/mol. The number of guanidine groups is 1. The Morgan fingerprint density at radius 1 is 1.14 bits per heavy atom. The van der Waals surface area contributed by atoms with Gasteiger partial charge in [0.05, 0.1) is 6.10 Å². The molecule has 2 aliphatic rings. The first kappa shape index (κ1) is 24.3. The zero-order valence-corrected chi connectivity index (χ0v) is 20.3. The fourth-order valence-electron chi connectivity index (χ4n) is 4.04. The zero-order chi connectivity index (χ0) is 19.6. The molecule has 3 heterocycles. The number of methoxy groups -OCH3 is 1. The van der Waals surface area contributed by atoms with Gasteiger partial charge in [0.15, 0.2) is 5.96 Å². The number of piperidine rings is 1. The molecule has 166 valence electrons. The van der Waals surface area contributed by atoms with Crippen LogP contribution in [0.5, 0.6) is 0 Å². The Morgan fingerprint density at radius 3 is 2.72 bits per heavy atom. The summed E-state index contributed by atoms with van der Waals surface area (Å²) in [6.45, 7) is 5.41. The van der Waals surface area contributed by atoms with Gasteiger partial charge in [0.2, 0.25) is 0 Å². The van der Waals surface area contributed by atoms with Gasteiger partial charge in [-0.15, -0.1) is 34.2 Å². The normalized spacial score (nSPS) is 18.1. The molecule has 0 radical (unpaired) electrons. The lowest BCUT2D eigenvalue weighted by molar-refractivity contribution is 0.00991. The summed E-state index contributed by atoms with van der Waals surface area (Å²) in [6.07, 6.45) is 9.11. The van der Waals surface area contributed by atoms with E-state index in [0.717, 1.165) is 89.1 Å². The van der Waals surface area contributed by atoms with Crippen LogP contribution in [0.15, 0.2) is 4.99 Å². The highest BCUT2D eigenvalue weighted by molar-refractivity contribution is 14.0. The van der Waals surface area contributed by atoms with Gasteiger partial charge in [0, 0.05) is 66.4 Å². The molecule has 1 aromatic heterocycles. The first-order valence-electron chi connectivity index (χ1n) is 10.8. The van der Waals surface area contributed by atoms with Crippen molar-refractivity contribution in [2.75, 3.05) is 47.0 Å². The van der Waals surface area contributed by atoms with E-state index >= 15 is 0 Å². The lowest BCUT2D eigenvalue weighted by Gasteiger charge is -2.34. The van der Waals surface area contributed by atoms with E-state index in [2.05, 4.69) is 30.0 Å². The van der Waals surface area contributed by atoms with Gasteiger partial charge in [-0.25, -0.2) is 0 Å². The van der Waals surface area contributed by atoms with Gasteiger partial charge >= 0.3 is 0 Å². The van der Waals surface area contributed by atoms with Crippen molar-refractivity contribution in [3.05, 3.63) is 11.6 Å². The number of fused-ring (bicyclic) bond motifs is 1. The first-order valence-corrected chi connectivity index (χ1v) is 10.8. The van der Waals surface area contributed by atoms with Crippen LogP contribution >= 0.6 is 24.0 Å². The largest absolute Gasteiger partial charge is 0.385 e. The van der Waals surface area contributed by atoms with E-state index in [1.165, 1.54) is 19.3 Å². The number of aliphatic imine (C=N–C) groups is 1. The van der Waals surface area contributed by atoms with E-state index in [-0.39, 0.29) is 24.0 Å². The van der Waals surface area contributed by atoms with Crippen molar-refractivity contribution < 1.29 is 9.47 Å². The molecule has 0 aliphatic carbocycles. The number of halogens is 1. The molecule has 1 aromatic rings. The summed E-state index contributed by atoms with van der Waals surface area (Å²) in [5.74, 6) is 3.24. The van der Waals surface area contributed by atoms with Crippen molar-refractivity contribution in [2.24, 2.45) is 4.99 Å². The van der Waals surface area contributed by atoms with E-state index in [4.69, 9.17) is 9.47 Å². The Kier molecular flexibility index (Phi) is 11.2. The van der Waals surface area contributed by atoms with E-state index in [1.807, 2.05) is 7.05 Å². The Hall–Kier alpha value is -0.940. The summed E-state index contributed by atoms with van der Waals surface area (Å²) in [5.41, 5.74) is 0. The highest BCUT2D eigenvalue weighted by Crippen LogP contribution is 2.15. The Morgan fingerprint density at radius 2 is 1.97 bits per heavy atom. The molecule has 0 spiro atoms. The number of nitrogens with one attached hydrogen (secondary N) is 1. The molecule has 1 N–H and O–H groups in total. The highest BCUT2D eigenvalue weighted by atomic mass is 127. The smallest absolute Gasteiger partial charge is 0.193 e. The number of aryl methyl sites for hydroxylation is 1. The minimum atomic E-state index is 0. The van der Waals surface area contributed by atoms with E-state index in [0.29, 0.717) is 6.10 Å². The number of nitrogens with zero attached hydrogens (tertiary/aromatic N) is 5. The minimum absolute atomic E-state index is 0. The second-order valence-corrected chi connectivity index (χ2v) is 7.62. The van der Waals surface area contributed by atoms with Crippen LogP contribution in [0.4, 0.5) is 0 Å². The topological polar surface area (TPSA) is 76.8 Å². The summed E-state index contributed by atoms with van der Waals surface area (Å²) in [5, 5.41) is 12.3. The third kappa shape index (κ3) is 7.36. The second-order valence-electron chi connectivity index (χ2n) is 7.62. The van der Waals surface area contributed by atoms with Crippen molar-refractivity contribution in [2.45, 2.75) is 64.0 Å². The molecule has 29 heavy (non-hydrogen) atoms. The molecule has 3 rings (SSSR count). The van der Waals surface area contributed by atoms with Crippen molar-refractivity contribution in [1.82, 2.24) is 25.0 Å². The lowest BCUT2D eigenvalue weighted by atomic mass is 10.1. The van der Waals surface area contributed by atoms with Crippen LogP contribution in [-0.4, -0.2) is 78.7 Å². The monoisotopic (exact) mass is 520 g/mol. The number of ether oxygens (including phenoxy) is 2. The second kappa shape index (κ2) is 13.4. The maximum atomic E-state index is 5.95. The van der Waals surface area contributed by atoms with Crippen molar-refractivity contribution in [3.8, 4) is 0 Å². The first-order chi connectivity index (χ1) is 13.8. The van der Waals surface area contributed by atoms with Crippen LogP contribution in [0.3, 0.4) is 0 Å². The fourth-order valence-corrected chi connectivity index (χ4v) is 4.04. The molecular weight excluding hydrogens is 483 g/mol. The number of hydrogen-bond acceptors (Lipinski definition) is 5. The summed E-state index contributed by atoms with van der Waals surface area (Å²) in [4.78, 5) is 6.81. The zero-order valence-electron chi connectivity index (χ0n) is 17.9. The van der Waals surface area contributed by atoms with Gasteiger partial charge in [0.1, 0.15) is 11.6 Å². The number of hydrogen-bond donors (Lipinski definition) is 1. The van der Waals surface area contributed by atoms with Gasteiger partial charge in [-0.1, -0.05) is 6.42 Å². The minimum Gasteiger partial charge on any atom is -0.385 e. The standard InChI is InChI=1S/C20H36N6O2.HI/c1-21-20(25-13-9-17(10-14-25)28-16-6-15-27-2)22-11-8-19-24-23-18-7-4-3-5-12-26(18)19;/h17H,3-16H2,1-2H3,(H,21,22);1H. The molecule has 8 nitrogen and oxygen atoms in total. The summed E-state index contributed by atoms with van der Waals surface area (Å²) in [7, 11) is 3.59. The molecule has 0 amide bonds. The van der Waals surface area contributed by atoms with Crippen LogP contribution in [0, 0.1) is 0 Å². The van der Waals surface area contributed by atoms with E-state index in [9.17, 15) is 0 Å². The molecule has 0 atom stereocenters. The highest BCUT2D eigenvalue weighted by Gasteiger charge is 2.22. The average molecular weight is 520 g/mol. The third-order valence-corrected chi connectivity index (χ3v) is 5.62. The van der Waals surface area contributed by atoms with Crippen LogP contribution < -0.4 is 5.32 Å². The Balaban J connectivity index is 0.00000300. The van der Waals surface area contributed by atoms with Gasteiger partial charge in [-0.2, -0.15) is 0 Å². The maximum absolute atomic E-state index is 5.95. The fraction of sp³-hybridized carbons (Fsp3) is 0.850. The van der Waals surface area contributed by atoms with Gasteiger partial charge in [-0.05, 0) is 32.1 Å². The lowest BCUT2D eigenvalue weighted by Crippen LogP contribution is -2.47. The van der Waals surface area contributed by atoms with E-state index in [1.54, 1.807) is 7.11 Å². The van der Waals surface area contributed by atoms with Crippen LogP contribution in [-0.2, 0) is 28.9 Å². The van der Waals surface area contributed by atoms with Crippen LogP contribution in [0.25, 0.3) is 0 Å². The molecule has 2 aliphatic heterocycles. The molecular formula is C20H37IN6O2. The quantitative estimate of drug-likeness (QED) is 0.245. The van der Waals surface area contributed by atoms with Crippen molar-refractivity contribution in [3.63, 3.8) is 0 Å². The number of rotatable bonds is 8. The number of aromatic nitrogens is 3. The van der Waals surface area contributed by atoms with Gasteiger partial charge in [0.25, 0.3) is 0 Å². The van der Waals surface area contributed by atoms with Crippen molar-refractivity contribution >= 4 is 29.9 Å². The third-order valence-electron chi connectivity index (χ3n) is 5.62. The molecule has 9 heteroatoms. The molecule has 0 saturated carbocycles. The Bertz CT molecular complexity index is 616. The summed E-state index contributed by atoms with van der Waals surface area (Å²) < 4.78 is 13.4. The number of likely N-dealkylation sites (tertiary alicyclic amines) is 1. The van der Waals surface area contributed by atoms with Crippen LogP contribution in [0.1, 0.15) is 50.2 Å². The maximum Gasteiger partial charge on any atom is 0.193 e. The molecule has 0 aromatic carbocycles.